The maximum atomic E-state index is 13.4. The molecule has 78 valence electrons. The number of nitrogens with one attached hydrogen (secondary N) is 1. The highest BCUT2D eigenvalue weighted by Crippen LogP contribution is 2.28. The van der Waals surface area contributed by atoms with Crippen LogP contribution < -0.4 is 5.73 Å². The molecule has 1 heterocycles. The van der Waals surface area contributed by atoms with Crippen LogP contribution in [0.2, 0.25) is 0 Å². The Balaban J connectivity index is 2.64. The first-order valence-corrected chi connectivity index (χ1v) is 4.34. The molecule has 0 spiro atoms. The van der Waals surface area contributed by atoms with Crippen LogP contribution in [-0.4, -0.2) is 10.2 Å². The highest BCUT2D eigenvalue weighted by atomic mass is 19.1. The van der Waals surface area contributed by atoms with Gasteiger partial charge in [0.1, 0.15) is 17.5 Å². The molecule has 3 nitrogen and oxygen atoms in total. The summed E-state index contributed by atoms with van der Waals surface area (Å²) in [6, 6.07) is 2.25. The Morgan fingerprint density at radius 2 is 1.93 bits per heavy atom. The molecule has 0 fully saturated rings. The summed E-state index contributed by atoms with van der Waals surface area (Å²) in [6.45, 7) is 1.56. The van der Waals surface area contributed by atoms with Gasteiger partial charge in [-0.1, -0.05) is 0 Å². The number of H-pyrrole nitrogens is 1. The van der Waals surface area contributed by atoms with Crippen LogP contribution in [0.3, 0.4) is 0 Å². The fourth-order valence-corrected chi connectivity index (χ4v) is 1.37. The molecule has 0 aliphatic rings. The second-order valence-corrected chi connectivity index (χ2v) is 3.28. The van der Waals surface area contributed by atoms with E-state index in [0.29, 0.717) is 11.1 Å². The lowest BCUT2D eigenvalue weighted by atomic mass is 10.0. The molecule has 0 saturated carbocycles. The zero-order valence-electron chi connectivity index (χ0n) is 8.01. The van der Waals surface area contributed by atoms with Gasteiger partial charge in [-0.2, -0.15) is 5.10 Å². The number of benzene rings is 1. The molecule has 0 saturated heterocycles. The van der Waals surface area contributed by atoms with Crippen molar-refractivity contribution in [3.8, 4) is 11.1 Å². The van der Waals surface area contributed by atoms with Crippen LogP contribution in [0.4, 0.5) is 14.6 Å². The number of rotatable bonds is 1. The molecule has 15 heavy (non-hydrogen) atoms. The number of nitrogens with two attached hydrogens (primary N) is 1. The molecule has 0 aliphatic carbocycles. The van der Waals surface area contributed by atoms with E-state index < -0.39 is 11.6 Å². The maximum absolute atomic E-state index is 13.4. The standard InChI is InChI=1S/C10H9F2N3/c1-5-2-6(9(12)3-8(5)11)7-4-14-15-10(7)13/h2-4H,1H3,(H3,13,14,15). The Morgan fingerprint density at radius 3 is 2.53 bits per heavy atom. The summed E-state index contributed by atoms with van der Waals surface area (Å²) in [4.78, 5) is 0. The second-order valence-electron chi connectivity index (χ2n) is 3.28. The van der Waals surface area contributed by atoms with E-state index >= 15 is 0 Å². The molecule has 0 amide bonds. The van der Waals surface area contributed by atoms with Crippen LogP contribution in [0.5, 0.6) is 0 Å². The van der Waals surface area contributed by atoms with Gasteiger partial charge in [-0.15, -0.1) is 0 Å². The van der Waals surface area contributed by atoms with Crippen LogP contribution >= 0.6 is 0 Å². The number of anilines is 1. The summed E-state index contributed by atoms with van der Waals surface area (Å²) in [5, 5.41) is 6.18. The summed E-state index contributed by atoms with van der Waals surface area (Å²) >= 11 is 0. The van der Waals surface area contributed by atoms with E-state index in [0.717, 1.165) is 6.07 Å². The largest absolute Gasteiger partial charge is 0.384 e. The number of hydrogen-bond acceptors (Lipinski definition) is 2. The summed E-state index contributed by atoms with van der Waals surface area (Å²) in [5.74, 6) is -0.954. The maximum Gasteiger partial charge on any atom is 0.134 e. The van der Waals surface area contributed by atoms with E-state index in [1.54, 1.807) is 6.92 Å². The average Bonchev–Trinajstić information content (AvgIpc) is 2.58. The van der Waals surface area contributed by atoms with Crippen LogP contribution in [0.15, 0.2) is 18.3 Å². The smallest absolute Gasteiger partial charge is 0.134 e. The number of aromatic nitrogens is 2. The van der Waals surface area contributed by atoms with Crippen molar-refractivity contribution in [2.75, 3.05) is 5.73 Å². The normalized spacial score (nSPS) is 10.6. The predicted octanol–water partition coefficient (Wildman–Crippen LogP) is 2.25. The first-order valence-electron chi connectivity index (χ1n) is 4.34. The van der Waals surface area contributed by atoms with E-state index in [1.165, 1.54) is 12.3 Å². The van der Waals surface area contributed by atoms with Crippen molar-refractivity contribution in [3.63, 3.8) is 0 Å². The predicted molar refractivity (Wildman–Crippen MR) is 53.1 cm³/mol. The molecule has 1 aromatic heterocycles. The van der Waals surface area contributed by atoms with E-state index in [-0.39, 0.29) is 11.4 Å². The quantitative estimate of drug-likeness (QED) is 0.756. The van der Waals surface area contributed by atoms with Gasteiger partial charge in [0.25, 0.3) is 0 Å². The summed E-state index contributed by atoms with van der Waals surface area (Å²) in [5.41, 5.74) is 6.61. The molecule has 1 aromatic carbocycles. The number of aromatic amines is 1. The number of aryl methyl sites for hydroxylation is 1. The Hall–Kier alpha value is -1.91. The minimum absolute atomic E-state index is 0.250. The number of nitrogens with zero attached hydrogens (tertiary/aromatic N) is 1. The first kappa shape index (κ1) is 9.64. The molecular formula is C10H9F2N3. The van der Waals surface area contributed by atoms with Gasteiger partial charge in [0.2, 0.25) is 0 Å². The summed E-state index contributed by atoms with van der Waals surface area (Å²) in [6.07, 6.45) is 1.41. The molecule has 0 aliphatic heterocycles. The van der Waals surface area contributed by atoms with Crippen molar-refractivity contribution in [3.05, 3.63) is 35.5 Å². The SMILES string of the molecule is Cc1cc(-c2cn[nH]c2N)c(F)cc1F. The molecule has 0 unspecified atom stereocenters. The average molecular weight is 209 g/mol. The van der Waals surface area contributed by atoms with Crippen molar-refractivity contribution in [1.82, 2.24) is 10.2 Å². The molecular weight excluding hydrogens is 200 g/mol. The number of hydrogen-bond donors (Lipinski definition) is 2. The third-order valence-electron chi connectivity index (χ3n) is 2.21. The fraction of sp³-hybridized carbons (Fsp3) is 0.100. The van der Waals surface area contributed by atoms with Gasteiger partial charge < -0.3 is 5.73 Å². The zero-order valence-corrected chi connectivity index (χ0v) is 8.01. The fourth-order valence-electron chi connectivity index (χ4n) is 1.37. The van der Waals surface area contributed by atoms with Gasteiger partial charge in [0, 0.05) is 17.2 Å². The molecule has 2 aromatic rings. The van der Waals surface area contributed by atoms with Crippen molar-refractivity contribution >= 4 is 5.82 Å². The molecule has 0 bridgehead atoms. The Labute approximate surface area is 84.9 Å². The lowest BCUT2D eigenvalue weighted by Gasteiger charge is -2.04. The number of halogens is 2. The third kappa shape index (κ3) is 1.56. The molecule has 3 N–H and O–H groups in total. The molecule has 0 atom stereocenters. The third-order valence-corrected chi connectivity index (χ3v) is 2.21. The van der Waals surface area contributed by atoms with Gasteiger partial charge in [0.05, 0.1) is 6.20 Å². The highest BCUT2D eigenvalue weighted by molar-refractivity contribution is 5.73. The minimum atomic E-state index is -0.647. The monoisotopic (exact) mass is 209 g/mol. The van der Waals surface area contributed by atoms with E-state index in [2.05, 4.69) is 10.2 Å². The van der Waals surface area contributed by atoms with Gasteiger partial charge in [0.15, 0.2) is 0 Å². The molecule has 0 radical (unpaired) electrons. The highest BCUT2D eigenvalue weighted by Gasteiger charge is 2.12. The Bertz CT molecular complexity index is 505. The van der Waals surface area contributed by atoms with Crippen molar-refractivity contribution in [2.24, 2.45) is 0 Å². The van der Waals surface area contributed by atoms with Gasteiger partial charge in [-0.25, -0.2) is 8.78 Å². The lowest BCUT2D eigenvalue weighted by Crippen LogP contribution is -1.93. The lowest BCUT2D eigenvalue weighted by molar-refractivity contribution is 0.579. The van der Waals surface area contributed by atoms with Crippen molar-refractivity contribution in [2.45, 2.75) is 6.92 Å². The van der Waals surface area contributed by atoms with Crippen LogP contribution in [0, 0.1) is 18.6 Å². The summed E-state index contributed by atoms with van der Waals surface area (Å²) < 4.78 is 26.4. The van der Waals surface area contributed by atoms with E-state index in [9.17, 15) is 8.78 Å². The minimum Gasteiger partial charge on any atom is -0.384 e. The van der Waals surface area contributed by atoms with Crippen molar-refractivity contribution < 1.29 is 8.78 Å². The molecule has 5 heteroatoms. The zero-order chi connectivity index (χ0) is 11.0. The first-order chi connectivity index (χ1) is 7.09. The topological polar surface area (TPSA) is 54.7 Å². The Morgan fingerprint density at radius 1 is 1.20 bits per heavy atom. The van der Waals surface area contributed by atoms with E-state index in [4.69, 9.17) is 5.73 Å². The molecule has 2 rings (SSSR count). The summed E-state index contributed by atoms with van der Waals surface area (Å²) in [7, 11) is 0. The van der Waals surface area contributed by atoms with Crippen molar-refractivity contribution in [1.29, 1.82) is 0 Å². The van der Waals surface area contributed by atoms with Gasteiger partial charge >= 0.3 is 0 Å². The van der Waals surface area contributed by atoms with Gasteiger partial charge in [-0.05, 0) is 18.6 Å². The Kier molecular flexibility index (Phi) is 2.15. The van der Waals surface area contributed by atoms with Crippen LogP contribution in [0.1, 0.15) is 5.56 Å². The van der Waals surface area contributed by atoms with Gasteiger partial charge in [-0.3, -0.25) is 5.10 Å². The number of nitrogen functional groups attached to an aromatic ring is 1. The van der Waals surface area contributed by atoms with Crippen LogP contribution in [-0.2, 0) is 0 Å². The van der Waals surface area contributed by atoms with E-state index in [1.807, 2.05) is 0 Å². The van der Waals surface area contributed by atoms with Crippen LogP contribution in [0.25, 0.3) is 11.1 Å². The second kappa shape index (κ2) is 3.34.